The van der Waals surface area contributed by atoms with E-state index in [0.29, 0.717) is 0 Å². The third-order valence-electron chi connectivity index (χ3n) is 1.84. The molecule has 11 heteroatoms. The molecule has 0 aliphatic rings. The molecule has 0 aliphatic heterocycles. The van der Waals surface area contributed by atoms with Gasteiger partial charge in [0.2, 0.25) is 0 Å². The van der Waals surface area contributed by atoms with E-state index in [4.69, 9.17) is 11.5 Å². The number of anilines is 2. The summed E-state index contributed by atoms with van der Waals surface area (Å²) in [5.74, 6) is -3.07. The van der Waals surface area contributed by atoms with Crippen LogP contribution in [0.3, 0.4) is 0 Å². The molecule has 0 fully saturated rings. The number of aromatic nitrogens is 4. The fourth-order valence-corrected chi connectivity index (χ4v) is 1.01. The molecule has 112 valence electrons. The van der Waals surface area contributed by atoms with Crippen LogP contribution >= 0.6 is 0 Å². The standard InChI is InChI=1S/2C5H5N3O2.Pd/c2*6-4-3(5(9)10)7-1-2-8-4;/h2*1-2H,(H2,6,8)(H,9,10);/q;;+2/p-2. The van der Waals surface area contributed by atoms with Gasteiger partial charge in [-0.2, -0.15) is 0 Å². The normalized spacial score (nSPS) is 8.76. The summed E-state index contributed by atoms with van der Waals surface area (Å²) in [6.45, 7) is 0. The summed E-state index contributed by atoms with van der Waals surface area (Å²) in [6.07, 6.45) is 5.09. The number of carbonyl (C=O) groups excluding carboxylic acids is 2. The minimum Gasteiger partial charge on any atom is -0.543 e. The molecule has 0 radical (unpaired) electrons. The Morgan fingerprint density at radius 2 is 1.05 bits per heavy atom. The first-order valence-electron chi connectivity index (χ1n) is 4.99. The van der Waals surface area contributed by atoms with Crippen molar-refractivity contribution in [3.63, 3.8) is 0 Å². The molecule has 0 aromatic carbocycles. The van der Waals surface area contributed by atoms with Crippen LogP contribution in [0.4, 0.5) is 11.6 Å². The summed E-state index contributed by atoms with van der Waals surface area (Å²) in [5.41, 5.74) is 9.62. The zero-order valence-corrected chi connectivity index (χ0v) is 11.8. The predicted molar refractivity (Wildman–Crippen MR) is 61.5 cm³/mol. The monoisotopic (exact) mass is 382 g/mol. The molecule has 2 heterocycles. The van der Waals surface area contributed by atoms with E-state index in [1.54, 1.807) is 0 Å². The van der Waals surface area contributed by atoms with Gasteiger partial charge in [-0.05, 0) is 0 Å². The number of hydrogen-bond acceptors (Lipinski definition) is 10. The Morgan fingerprint density at radius 1 is 0.762 bits per heavy atom. The van der Waals surface area contributed by atoms with Gasteiger partial charge >= 0.3 is 20.4 Å². The van der Waals surface area contributed by atoms with Crippen molar-refractivity contribution in [3.05, 3.63) is 36.2 Å². The largest absolute Gasteiger partial charge is 2.00 e. The van der Waals surface area contributed by atoms with Crippen LogP contribution in [-0.2, 0) is 20.4 Å². The topological polar surface area (TPSA) is 184 Å². The van der Waals surface area contributed by atoms with E-state index in [0.717, 1.165) is 0 Å². The molecule has 0 unspecified atom stereocenters. The van der Waals surface area contributed by atoms with Gasteiger partial charge in [0.15, 0.2) is 11.6 Å². The van der Waals surface area contributed by atoms with Crippen LogP contribution < -0.4 is 21.7 Å². The van der Waals surface area contributed by atoms with Crippen LogP contribution in [0.2, 0.25) is 0 Å². The zero-order valence-electron chi connectivity index (χ0n) is 10.2. The fourth-order valence-electron chi connectivity index (χ4n) is 1.01. The molecular weight excluding hydrogens is 375 g/mol. The molecule has 0 saturated heterocycles. The van der Waals surface area contributed by atoms with E-state index in [2.05, 4.69) is 19.9 Å². The molecule has 0 amide bonds. The Hall–Kier alpha value is -2.64. The first-order chi connectivity index (χ1) is 9.43. The van der Waals surface area contributed by atoms with Crippen molar-refractivity contribution in [2.75, 3.05) is 11.5 Å². The Balaban J connectivity index is 0.000000364. The maximum absolute atomic E-state index is 10.1. The maximum Gasteiger partial charge on any atom is 2.00 e. The van der Waals surface area contributed by atoms with Crippen LogP contribution in [0.1, 0.15) is 21.0 Å². The molecule has 0 aliphatic carbocycles. The predicted octanol–water partition coefficient (Wildman–Crippen LogP) is -3.16. The molecule has 2 aromatic heterocycles. The minimum atomic E-state index is -1.41. The molecule has 0 atom stereocenters. The Kier molecular flexibility index (Phi) is 7.45. The number of carboxylic acids is 2. The second-order valence-corrected chi connectivity index (χ2v) is 3.16. The zero-order chi connectivity index (χ0) is 15.1. The Labute approximate surface area is 131 Å². The Bertz CT molecular complexity index is 583. The Morgan fingerprint density at radius 3 is 1.24 bits per heavy atom. The number of hydrogen-bond donors (Lipinski definition) is 2. The van der Waals surface area contributed by atoms with Gasteiger partial charge in [0.1, 0.15) is 11.4 Å². The van der Waals surface area contributed by atoms with Crippen molar-refractivity contribution < 1.29 is 40.2 Å². The van der Waals surface area contributed by atoms with Crippen molar-refractivity contribution in [1.29, 1.82) is 0 Å². The SMILES string of the molecule is Nc1nccnc1C(=O)[O-].Nc1nccnc1C(=O)[O-].[Pd+2]. The molecule has 2 rings (SSSR count). The number of carboxylic acid groups (broad SMARTS) is 2. The number of aromatic carboxylic acids is 2. The van der Waals surface area contributed by atoms with E-state index in [-0.39, 0.29) is 43.4 Å². The number of nitrogens with two attached hydrogens (primary N) is 2. The number of rotatable bonds is 2. The van der Waals surface area contributed by atoms with Gasteiger partial charge in [0.25, 0.3) is 0 Å². The van der Waals surface area contributed by atoms with Gasteiger partial charge in [-0.15, -0.1) is 0 Å². The third kappa shape index (κ3) is 5.47. The first-order valence-corrected chi connectivity index (χ1v) is 4.99. The van der Waals surface area contributed by atoms with Crippen LogP contribution in [0.25, 0.3) is 0 Å². The average molecular weight is 383 g/mol. The van der Waals surface area contributed by atoms with Gasteiger partial charge in [0, 0.05) is 24.8 Å². The van der Waals surface area contributed by atoms with E-state index in [1.807, 2.05) is 0 Å². The van der Waals surface area contributed by atoms with Gasteiger partial charge in [-0.25, -0.2) is 19.9 Å². The molecule has 0 bridgehead atoms. The van der Waals surface area contributed by atoms with Crippen LogP contribution in [0.15, 0.2) is 24.8 Å². The number of nitrogens with zero attached hydrogens (tertiary/aromatic N) is 4. The third-order valence-corrected chi connectivity index (χ3v) is 1.84. The summed E-state index contributed by atoms with van der Waals surface area (Å²) in [7, 11) is 0. The molecular formula is C10H8N6O4Pd. The van der Waals surface area contributed by atoms with Gasteiger partial charge in [0.05, 0.1) is 11.9 Å². The maximum atomic E-state index is 10.1. The van der Waals surface area contributed by atoms with Crippen molar-refractivity contribution in [2.24, 2.45) is 0 Å². The molecule has 21 heavy (non-hydrogen) atoms. The number of carbonyl (C=O) groups is 2. The fraction of sp³-hybridized carbons (Fsp3) is 0. The van der Waals surface area contributed by atoms with Crippen LogP contribution in [0.5, 0.6) is 0 Å². The second-order valence-electron chi connectivity index (χ2n) is 3.16. The average Bonchev–Trinajstić information content (AvgIpc) is 2.40. The van der Waals surface area contributed by atoms with E-state index in [9.17, 15) is 19.8 Å². The summed E-state index contributed by atoms with van der Waals surface area (Å²) < 4.78 is 0. The van der Waals surface area contributed by atoms with Crippen molar-refractivity contribution in [1.82, 2.24) is 19.9 Å². The van der Waals surface area contributed by atoms with E-state index >= 15 is 0 Å². The van der Waals surface area contributed by atoms with Crippen molar-refractivity contribution >= 4 is 23.6 Å². The quantitative estimate of drug-likeness (QED) is 0.502. The minimum absolute atomic E-state index is 0. The molecule has 2 aromatic rings. The summed E-state index contributed by atoms with van der Waals surface area (Å²) in [6, 6.07) is 0. The van der Waals surface area contributed by atoms with Crippen LogP contribution in [-0.4, -0.2) is 31.9 Å². The molecule has 4 N–H and O–H groups in total. The van der Waals surface area contributed by atoms with Gasteiger partial charge < -0.3 is 31.3 Å². The number of nitrogen functional groups attached to an aromatic ring is 2. The summed E-state index contributed by atoms with van der Waals surface area (Å²) >= 11 is 0. The molecule has 0 spiro atoms. The second kappa shape index (κ2) is 8.52. The molecule has 0 saturated carbocycles. The summed E-state index contributed by atoms with van der Waals surface area (Å²) in [5, 5.41) is 20.3. The molecule has 10 nitrogen and oxygen atoms in total. The smallest absolute Gasteiger partial charge is 0.543 e. The van der Waals surface area contributed by atoms with Crippen LogP contribution in [0, 0.1) is 0 Å². The van der Waals surface area contributed by atoms with Crippen molar-refractivity contribution in [3.8, 4) is 0 Å². The van der Waals surface area contributed by atoms with E-state index < -0.39 is 11.9 Å². The first kappa shape index (κ1) is 18.4. The van der Waals surface area contributed by atoms with Crippen molar-refractivity contribution in [2.45, 2.75) is 0 Å². The van der Waals surface area contributed by atoms with E-state index in [1.165, 1.54) is 24.8 Å². The van der Waals surface area contributed by atoms with Gasteiger partial charge in [-0.3, -0.25) is 0 Å². The van der Waals surface area contributed by atoms with Gasteiger partial charge in [-0.1, -0.05) is 0 Å². The summed E-state index contributed by atoms with van der Waals surface area (Å²) in [4.78, 5) is 34.1.